The van der Waals surface area contributed by atoms with Gasteiger partial charge in [-0.15, -0.1) is 0 Å². The molecule has 1 heterocycles. The van der Waals surface area contributed by atoms with Crippen molar-refractivity contribution < 1.29 is 0 Å². The Morgan fingerprint density at radius 2 is 1.75 bits per heavy atom. The van der Waals surface area contributed by atoms with Crippen molar-refractivity contribution >= 4 is 15.9 Å². The second-order valence-corrected chi connectivity index (χ2v) is 6.50. The number of rotatable bonds is 4. The fourth-order valence-electron chi connectivity index (χ4n) is 2.86. The molecule has 1 aliphatic rings. The summed E-state index contributed by atoms with van der Waals surface area (Å²) in [5.41, 5.74) is 2.77. The van der Waals surface area contributed by atoms with Crippen molar-refractivity contribution in [2.75, 3.05) is 0 Å². The van der Waals surface area contributed by atoms with Crippen LogP contribution in [0.2, 0.25) is 0 Å². The van der Waals surface area contributed by atoms with Gasteiger partial charge in [0.2, 0.25) is 0 Å². The van der Waals surface area contributed by atoms with Gasteiger partial charge in [0.05, 0.1) is 0 Å². The first-order valence-corrected chi connectivity index (χ1v) is 7.93. The topological polar surface area (TPSA) is 24.9 Å². The normalized spacial score (nSPS) is 23.1. The predicted octanol–water partition coefficient (Wildman–Crippen LogP) is 4.44. The number of nitrogens with zero attached hydrogens (tertiary/aromatic N) is 1. The van der Waals surface area contributed by atoms with Gasteiger partial charge in [-0.25, -0.2) is 0 Å². The van der Waals surface area contributed by atoms with Gasteiger partial charge < -0.3 is 5.32 Å². The van der Waals surface area contributed by atoms with Crippen molar-refractivity contribution in [3.63, 3.8) is 0 Å². The smallest absolute Gasteiger partial charge is 0.0295 e. The van der Waals surface area contributed by atoms with Crippen LogP contribution in [-0.4, -0.2) is 11.0 Å². The molecule has 20 heavy (non-hydrogen) atoms. The van der Waals surface area contributed by atoms with E-state index in [1.807, 2.05) is 12.4 Å². The minimum Gasteiger partial charge on any atom is -0.307 e. The van der Waals surface area contributed by atoms with Crippen LogP contribution in [0.4, 0.5) is 0 Å². The SMILES string of the molecule is CC(NC1CC(c2ccc(Br)cc2)C1)c1ccncc1. The van der Waals surface area contributed by atoms with Crippen LogP contribution in [0.25, 0.3) is 0 Å². The maximum atomic E-state index is 4.07. The Kier molecular flexibility index (Phi) is 4.18. The molecule has 0 radical (unpaired) electrons. The fourth-order valence-corrected chi connectivity index (χ4v) is 3.13. The average molecular weight is 331 g/mol. The third kappa shape index (κ3) is 3.10. The van der Waals surface area contributed by atoms with E-state index in [0.717, 1.165) is 4.47 Å². The van der Waals surface area contributed by atoms with Crippen molar-refractivity contribution in [1.29, 1.82) is 0 Å². The Morgan fingerprint density at radius 3 is 2.40 bits per heavy atom. The van der Waals surface area contributed by atoms with Crippen molar-refractivity contribution in [1.82, 2.24) is 10.3 Å². The Hall–Kier alpha value is -1.19. The average Bonchev–Trinajstić information content (AvgIpc) is 2.44. The van der Waals surface area contributed by atoms with E-state index in [1.54, 1.807) is 0 Å². The van der Waals surface area contributed by atoms with E-state index in [1.165, 1.54) is 24.0 Å². The van der Waals surface area contributed by atoms with Gasteiger partial charge in [-0.05, 0) is 61.1 Å². The molecule has 3 heteroatoms. The fraction of sp³-hybridized carbons (Fsp3) is 0.353. The lowest BCUT2D eigenvalue weighted by molar-refractivity contribution is 0.271. The molecule has 1 unspecified atom stereocenters. The Morgan fingerprint density at radius 1 is 1.10 bits per heavy atom. The van der Waals surface area contributed by atoms with Crippen molar-refractivity contribution in [3.8, 4) is 0 Å². The molecule has 1 saturated carbocycles. The molecular formula is C17H19BrN2. The van der Waals surface area contributed by atoms with E-state index in [0.29, 0.717) is 18.0 Å². The van der Waals surface area contributed by atoms with Gasteiger partial charge in [-0.1, -0.05) is 28.1 Å². The van der Waals surface area contributed by atoms with Crippen LogP contribution in [-0.2, 0) is 0 Å². The lowest BCUT2D eigenvalue weighted by Gasteiger charge is -2.38. The molecule has 2 nitrogen and oxygen atoms in total. The highest BCUT2D eigenvalue weighted by molar-refractivity contribution is 9.10. The highest BCUT2D eigenvalue weighted by Gasteiger charge is 2.30. The molecule has 1 aliphatic carbocycles. The molecule has 0 bridgehead atoms. The summed E-state index contributed by atoms with van der Waals surface area (Å²) in [6.07, 6.45) is 6.19. The quantitative estimate of drug-likeness (QED) is 0.896. The van der Waals surface area contributed by atoms with Crippen LogP contribution in [0.3, 0.4) is 0 Å². The van der Waals surface area contributed by atoms with E-state index in [4.69, 9.17) is 0 Å². The molecule has 104 valence electrons. The monoisotopic (exact) mass is 330 g/mol. The van der Waals surface area contributed by atoms with Crippen molar-refractivity contribution in [2.45, 2.75) is 37.8 Å². The number of pyridine rings is 1. The molecular weight excluding hydrogens is 312 g/mol. The van der Waals surface area contributed by atoms with Gasteiger partial charge in [-0.3, -0.25) is 4.98 Å². The minimum absolute atomic E-state index is 0.397. The van der Waals surface area contributed by atoms with Crippen LogP contribution in [0.1, 0.15) is 42.9 Å². The van der Waals surface area contributed by atoms with Gasteiger partial charge in [0.25, 0.3) is 0 Å². The highest BCUT2D eigenvalue weighted by Crippen LogP contribution is 2.38. The second-order valence-electron chi connectivity index (χ2n) is 5.59. The Bertz CT molecular complexity index is 547. The molecule has 1 aromatic carbocycles. The number of hydrogen-bond donors (Lipinski definition) is 1. The van der Waals surface area contributed by atoms with E-state index >= 15 is 0 Å². The Labute approximate surface area is 128 Å². The second kappa shape index (κ2) is 6.06. The third-order valence-corrected chi connectivity index (χ3v) is 4.70. The zero-order valence-electron chi connectivity index (χ0n) is 11.6. The van der Waals surface area contributed by atoms with Gasteiger partial charge in [0, 0.05) is 29.0 Å². The van der Waals surface area contributed by atoms with E-state index in [9.17, 15) is 0 Å². The first kappa shape index (κ1) is 13.8. The summed E-state index contributed by atoms with van der Waals surface area (Å²) in [6.45, 7) is 2.22. The lowest BCUT2D eigenvalue weighted by Crippen LogP contribution is -2.41. The zero-order valence-corrected chi connectivity index (χ0v) is 13.2. The maximum absolute atomic E-state index is 4.07. The van der Waals surface area contributed by atoms with Crippen LogP contribution >= 0.6 is 15.9 Å². The van der Waals surface area contributed by atoms with Gasteiger partial charge >= 0.3 is 0 Å². The summed E-state index contributed by atoms with van der Waals surface area (Å²) in [4.78, 5) is 4.07. The van der Waals surface area contributed by atoms with Crippen LogP contribution in [0, 0.1) is 0 Å². The van der Waals surface area contributed by atoms with Crippen LogP contribution in [0.5, 0.6) is 0 Å². The molecule has 1 N–H and O–H groups in total. The van der Waals surface area contributed by atoms with Crippen LogP contribution < -0.4 is 5.32 Å². The molecule has 3 rings (SSSR count). The molecule has 1 atom stereocenters. The number of benzene rings is 1. The molecule has 0 saturated heterocycles. The largest absolute Gasteiger partial charge is 0.307 e. The van der Waals surface area contributed by atoms with Gasteiger partial charge in [0.1, 0.15) is 0 Å². The highest BCUT2D eigenvalue weighted by atomic mass is 79.9. The first-order valence-electron chi connectivity index (χ1n) is 7.14. The summed E-state index contributed by atoms with van der Waals surface area (Å²) in [5.74, 6) is 0.713. The molecule has 1 fully saturated rings. The third-order valence-electron chi connectivity index (χ3n) is 4.17. The number of aromatic nitrogens is 1. The van der Waals surface area contributed by atoms with E-state index in [-0.39, 0.29) is 0 Å². The van der Waals surface area contributed by atoms with Crippen molar-refractivity contribution in [3.05, 3.63) is 64.4 Å². The van der Waals surface area contributed by atoms with Gasteiger partial charge in [0.15, 0.2) is 0 Å². The summed E-state index contributed by atoms with van der Waals surface area (Å²) < 4.78 is 1.15. The predicted molar refractivity (Wildman–Crippen MR) is 85.7 cm³/mol. The van der Waals surface area contributed by atoms with Crippen LogP contribution in [0.15, 0.2) is 53.3 Å². The number of halogens is 1. The van der Waals surface area contributed by atoms with Crippen molar-refractivity contribution in [2.24, 2.45) is 0 Å². The summed E-state index contributed by atoms with van der Waals surface area (Å²) >= 11 is 3.49. The Balaban J connectivity index is 1.52. The van der Waals surface area contributed by atoms with E-state index < -0.39 is 0 Å². The lowest BCUT2D eigenvalue weighted by atomic mass is 9.75. The van der Waals surface area contributed by atoms with E-state index in [2.05, 4.69) is 69.6 Å². The maximum Gasteiger partial charge on any atom is 0.0295 e. The summed E-state index contributed by atoms with van der Waals surface area (Å²) in [7, 11) is 0. The standard InChI is InChI=1S/C17H19BrN2/c1-12(13-6-8-19-9-7-13)20-17-10-15(11-17)14-2-4-16(18)5-3-14/h2-9,12,15,17,20H,10-11H2,1H3. The summed E-state index contributed by atoms with van der Waals surface area (Å²) in [6, 6.07) is 13.9. The number of nitrogens with one attached hydrogen (secondary N) is 1. The molecule has 1 aromatic heterocycles. The van der Waals surface area contributed by atoms with Gasteiger partial charge in [-0.2, -0.15) is 0 Å². The molecule has 0 spiro atoms. The summed E-state index contributed by atoms with van der Waals surface area (Å²) in [5, 5.41) is 3.71. The molecule has 2 aromatic rings. The molecule has 0 amide bonds. The first-order chi connectivity index (χ1) is 9.72. The number of hydrogen-bond acceptors (Lipinski definition) is 2. The minimum atomic E-state index is 0.397. The molecule has 0 aliphatic heterocycles. The zero-order chi connectivity index (χ0) is 13.9.